The molecule has 2 aromatic carbocycles. The van der Waals surface area contributed by atoms with Gasteiger partial charge in [-0.15, -0.1) is 0 Å². The lowest BCUT2D eigenvalue weighted by Gasteiger charge is -2.25. The molecular weight excluding hydrogens is 579 g/mol. The average molecular weight is 622 g/mol. The number of anilines is 1. The van der Waals surface area contributed by atoms with E-state index in [0.717, 1.165) is 45.4 Å². The van der Waals surface area contributed by atoms with Crippen molar-refractivity contribution in [3.05, 3.63) is 71.7 Å². The maximum absolute atomic E-state index is 13.5. The maximum atomic E-state index is 13.5. The first-order valence-electron chi connectivity index (χ1n) is 14.3. The van der Waals surface area contributed by atoms with Crippen LogP contribution in [0.25, 0.3) is 0 Å². The van der Waals surface area contributed by atoms with E-state index in [0.29, 0.717) is 18.2 Å². The van der Waals surface area contributed by atoms with E-state index in [1.165, 1.54) is 12.6 Å². The van der Waals surface area contributed by atoms with Crippen LogP contribution in [0, 0.1) is 5.92 Å². The molecule has 1 fully saturated rings. The number of aliphatic hydroxyl groups excluding tert-OH is 1. The van der Waals surface area contributed by atoms with Crippen molar-refractivity contribution in [2.75, 3.05) is 23.1 Å². The molecule has 4 rings (SSSR count). The van der Waals surface area contributed by atoms with Gasteiger partial charge in [-0.1, -0.05) is 75.3 Å². The van der Waals surface area contributed by atoms with Crippen molar-refractivity contribution in [2.45, 2.75) is 70.8 Å². The summed E-state index contributed by atoms with van der Waals surface area (Å²) in [6.07, 6.45) is 6.92. The number of aliphatic hydroxyl groups is 1. The zero-order chi connectivity index (χ0) is 29.7. The van der Waals surface area contributed by atoms with Crippen LogP contribution in [0.2, 0.25) is 25.7 Å². The summed E-state index contributed by atoms with van der Waals surface area (Å²) >= 11 is 0. The van der Waals surface area contributed by atoms with Gasteiger partial charge in [0.2, 0.25) is 15.9 Å². The first-order valence-corrected chi connectivity index (χ1v) is 21.1. The van der Waals surface area contributed by atoms with Crippen molar-refractivity contribution < 1.29 is 26.7 Å². The van der Waals surface area contributed by atoms with Gasteiger partial charge in [0.25, 0.3) is 0 Å². The van der Waals surface area contributed by atoms with Gasteiger partial charge in [0.1, 0.15) is 18.0 Å². The SMILES string of the molecule is C[Si](C)(C)CCN1C(O)=CN(c2ccc(CCNS(=O)(=O)CC3CCCCC3)cc2OCc2ccccc2)S1(=O)=O. The Morgan fingerprint density at radius 1 is 1.02 bits per heavy atom. The lowest BCUT2D eigenvalue weighted by Crippen LogP contribution is -2.37. The lowest BCUT2D eigenvalue weighted by atomic mass is 9.91. The van der Waals surface area contributed by atoms with E-state index < -0.39 is 28.3 Å². The fourth-order valence-corrected chi connectivity index (χ4v) is 9.13. The third kappa shape index (κ3) is 8.73. The molecule has 0 unspecified atom stereocenters. The molecule has 2 aliphatic rings. The highest BCUT2D eigenvalue weighted by atomic mass is 32.2. The Hall–Kier alpha value is -2.54. The van der Waals surface area contributed by atoms with Crippen molar-refractivity contribution in [1.29, 1.82) is 0 Å². The summed E-state index contributed by atoms with van der Waals surface area (Å²) in [6.45, 7) is 7.11. The summed E-state index contributed by atoms with van der Waals surface area (Å²) in [7, 11) is -8.99. The Kier molecular flexibility index (Phi) is 10.1. The Morgan fingerprint density at radius 3 is 2.41 bits per heavy atom. The quantitative estimate of drug-likeness (QED) is 0.291. The Morgan fingerprint density at radius 2 is 1.73 bits per heavy atom. The third-order valence-electron chi connectivity index (χ3n) is 7.49. The summed E-state index contributed by atoms with van der Waals surface area (Å²) in [4.78, 5) is 0. The molecule has 0 saturated heterocycles. The van der Waals surface area contributed by atoms with Crippen LogP contribution in [0.3, 0.4) is 0 Å². The van der Waals surface area contributed by atoms with Crippen molar-refractivity contribution in [1.82, 2.24) is 9.03 Å². The molecule has 226 valence electrons. The molecule has 41 heavy (non-hydrogen) atoms. The highest BCUT2D eigenvalue weighted by molar-refractivity contribution is 7.91. The van der Waals surface area contributed by atoms with Gasteiger partial charge in [-0.3, -0.25) is 0 Å². The second-order valence-electron chi connectivity index (χ2n) is 12.2. The van der Waals surface area contributed by atoms with Crippen molar-refractivity contribution in [2.24, 2.45) is 5.92 Å². The van der Waals surface area contributed by atoms with E-state index in [2.05, 4.69) is 24.4 Å². The van der Waals surface area contributed by atoms with Gasteiger partial charge in [-0.25, -0.2) is 21.8 Å². The second-order valence-corrected chi connectivity index (χ2v) is 21.4. The van der Waals surface area contributed by atoms with Crippen molar-refractivity contribution >= 4 is 34.0 Å². The molecule has 1 saturated carbocycles. The first-order chi connectivity index (χ1) is 19.3. The summed E-state index contributed by atoms with van der Waals surface area (Å²) in [6, 6.07) is 15.4. The Bertz CT molecular complexity index is 1420. The van der Waals surface area contributed by atoms with Crippen LogP contribution in [-0.2, 0) is 33.3 Å². The van der Waals surface area contributed by atoms with E-state index in [-0.39, 0.29) is 42.9 Å². The van der Waals surface area contributed by atoms with Crippen LogP contribution in [-0.4, -0.2) is 53.2 Å². The number of hydrogen-bond acceptors (Lipinski definition) is 6. The van der Waals surface area contributed by atoms with Crippen LogP contribution < -0.4 is 13.8 Å². The summed E-state index contributed by atoms with van der Waals surface area (Å²) < 4.78 is 63.3. The molecule has 9 nitrogen and oxygen atoms in total. The predicted molar refractivity (Wildman–Crippen MR) is 166 cm³/mol. The molecule has 0 radical (unpaired) electrons. The second kappa shape index (κ2) is 13.2. The Balaban J connectivity index is 1.51. The van der Waals surface area contributed by atoms with Crippen LogP contribution in [0.15, 0.2) is 60.6 Å². The van der Waals surface area contributed by atoms with Crippen LogP contribution in [0.1, 0.15) is 43.2 Å². The molecule has 0 spiro atoms. The van der Waals surface area contributed by atoms with Gasteiger partial charge >= 0.3 is 10.2 Å². The molecule has 2 aromatic rings. The number of rotatable bonds is 13. The Labute approximate surface area is 246 Å². The molecule has 1 aliphatic carbocycles. The summed E-state index contributed by atoms with van der Waals surface area (Å²) in [5.41, 5.74) is 2.00. The zero-order valence-corrected chi connectivity index (χ0v) is 26.9. The van der Waals surface area contributed by atoms with E-state index in [9.17, 15) is 21.9 Å². The highest BCUT2D eigenvalue weighted by Gasteiger charge is 2.39. The van der Waals surface area contributed by atoms with E-state index >= 15 is 0 Å². The number of ether oxygens (including phenoxy) is 1. The third-order valence-corrected chi connectivity index (χ3v) is 12.5. The molecule has 1 heterocycles. The van der Waals surface area contributed by atoms with Crippen LogP contribution >= 0.6 is 0 Å². The standard InChI is InChI=1S/C29H43N3O6S2Si/c1-41(2,3)19-18-31-29(33)21-32(40(31,36)37)27-15-14-24(20-28(27)38-22-25-10-6-4-7-11-25)16-17-30-39(34,35)23-26-12-8-5-9-13-26/h4,6-7,10-11,14-15,20-21,26,30,33H,5,8-9,12-13,16-19,22-23H2,1-3H3. The predicted octanol–water partition coefficient (Wildman–Crippen LogP) is 5.37. The monoisotopic (exact) mass is 621 g/mol. The number of sulfonamides is 1. The summed E-state index contributed by atoms with van der Waals surface area (Å²) in [5, 5.41) is 10.6. The minimum Gasteiger partial charge on any atom is -0.493 e. The number of hydrogen-bond donors (Lipinski definition) is 2. The maximum Gasteiger partial charge on any atom is 0.332 e. The summed E-state index contributed by atoms with van der Waals surface area (Å²) in [5.74, 6) is 0.384. The van der Waals surface area contributed by atoms with Gasteiger partial charge in [0.05, 0.1) is 12.0 Å². The van der Waals surface area contributed by atoms with Crippen molar-refractivity contribution in [3.63, 3.8) is 0 Å². The van der Waals surface area contributed by atoms with Crippen LogP contribution in [0.4, 0.5) is 5.69 Å². The van der Waals surface area contributed by atoms with Gasteiger partial charge in [-0.2, -0.15) is 8.42 Å². The zero-order valence-electron chi connectivity index (χ0n) is 24.3. The topological polar surface area (TPSA) is 116 Å². The van der Waals surface area contributed by atoms with E-state index in [1.54, 1.807) is 18.2 Å². The van der Waals surface area contributed by atoms with Gasteiger partial charge in [0.15, 0.2) is 0 Å². The van der Waals surface area contributed by atoms with Crippen LogP contribution in [0.5, 0.6) is 5.75 Å². The minimum absolute atomic E-state index is 0.161. The van der Waals surface area contributed by atoms with E-state index in [4.69, 9.17) is 4.74 Å². The van der Waals surface area contributed by atoms with Gasteiger partial charge in [-0.05, 0) is 54.5 Å². The molecule has 0 atom stereocenters. The normalized spacial score (nSPS) is 18.0. The van der Waals surface area contributed by atoms with Gasteiger partial charge < -0.3 is 9.84 Å². The fourth-order valence-electron chi connectivity index (χ4n) is 5.14. The fraction of sp³-hybridized carbons (Fsp3) is 0.517. The molecule has 2 N–H and O–H groups in total. The number of nitrogens with zero attached hydrogens (tertiary/aromatic N) is 2. The molecule has 0 bridgehead atoms. The minimum atomic E-state index is -4.05. The highest BCUT2D eigenvalue weighted by Crippen LogP contribution is 2.37. The molecule has 0 aromatic heterocycles. The largest absolute Gasteiger partial charge is 0.493 e. The molecule has 0 amide bonds. The number of nitrogens with one attached hydrogen (secondary N) is 1. The van der Waals surface area contributed by atoms with Crippen molar-refractivity contribution in [3.8, 4) is 5.75 Å². The number of benzene rings is 2. The van der Waals surface area contributed by atoms with E-state index in [1.807, 2.05) is 30.3 Å². The smallest absolute Gasteiger partial charge is 0.332 e. The molecular formula is C29H43N3O6S2Si. The molecule has 1 aliphatic heterocycles. The average Bonchev–Trinajstić information content (AvgIpc) is 3.14. The van der Waals surface area contributed by atoms with Gasteiger partial charge in [0, 0.05) is 21.2 Å². The lowest BCUT2D eigenvalue weighted by molar-refractivity contribution is 0.294. The first kappa shape index (κ1) is 31.4. The molecule has 12 heteroatoms.